The van der Waals surface area contributed by atoms with E-state index in [0.717, 1.165) is 48.5 Å². The van der Waals surface area contributed by atoms with Gasteiger partial charge in [0.1, 0.15) is 11.5 Å². The molecule has 1 N–H and O–H groups in total. The third-order valence-corrected chi connectivity index (χ3v) is 7.10. The third-order valence-electron chi connectivity index (χ3n) is 5.21. The average molecular weight is 522 g/mol. The quantitative estimate of drug-likeness (QED) is 0.314. The van der Waals surface area contributed by atoms with Gasteiger partial charge in [0, 0.05) is 34.7 Å². The molecule has 2 heterocycles. The van der Waals surface area contributed by atoms with Crippen LogP contribution in [0.2, 0.25) is 10.0 Å². The minimum absolute atomic E-state index is 0.383. The monoisotopic (exact) mass is 521 g/mol. The van der Waals surface area contributed by atoms with Gasteiger partial charge in [-0.3, -0.25) is 9.69 Å². The van der Waals surface area contributed by atoms with Gasteiger partial charge in [0.15, 0.2) is 11.5 Å². The number of amides is 1. The second-order valence-electron chi connectivity index (χ2n) is 7.53. The molecule has 7 nitrogen and oxygen atoms in total. The Kier molecular flexibility index (Phi) is 8.64. The highest BCUT2D eigenvalue weighted by molar-refractivity contribution is 7.21. The van der Waals surface area contributed by atoms with E-state index in [2.05, 4.69) is 15.4 Å². The molecule has 0 bridgehead atoms. The Bertz CT molecular complexity index is 1180. The van der Waals surface area contributed by atoms with Crippen molar-refractivity contribution in [3.8, 4) is 11.5 Å². The lowest BCUT2D eigenvalue weighted by Gasteiger charge is -2.26. The summed E-state index contributed by atoms with van der Waals surface area (Å²) in [5, 5.41) is 5.85. The van der Waals surface area contributed by atoms with Crippen molar-refractivity contribution in [1.82, 2.24) is 10.3 Å². The van der Waals surface area contributed by atoms with Crippen LogP contribution in [0.15, 0.2) is 41.5 Å². The van der Waals surface area contributed by atoms with E-state index in [1.807, 2.05) is 25.1 Å². The minimum atomic E-state index is -0.383. The van der Waals surface area contributed by atoms with Crippen LogP contribution in [-0.2, 0) is 4.74 Å². The van der Waals surface area contributed by atoms with Crippen molar-refractivity contribution in [3.63, 3.8) is 0 Å². The number of nitrogens with one attached hydrogen (secondary N) is 1. The first-order chi connectivity index (χ1) is 16.5. The Hall–Kier alpha value is -2.36. The summed E-state index contributed by atoms with van der Waals surface area (Å²) in [6.07, 6.45) is 1.55. The lowest BCUT2D eigenvalue weighted by Crippen LogP contribution is -2.38. The van der Waals surface area contributed by atoms with Gasteiger partial charge in [-0.2, -0.15) is 5.10 Å². The number of halogens is 2. The van der Waals surface area contributed by atoms with Gasteiger partial charge in [-0.05, 0) is 42.8 Å². The number of hydrazone groups is 1. The Morgan fingerprint density at radius 3 is 2.79 bits per heavy atom. The van der Waals surface area contributed by atoms with Crippen LogP contribution in [-0.4, -0.2) is 63.1 Å². The van der Waals surface area contributed by atoms with Gasteiger partial charge < -0.3 is 14.2 Å². The summed E-state index contributed by atoms with van der Waals surface area (Å²) < 4.78 is 17.9. The molecule has 1 aromatic heterocycles. The van der Waals surface area contributed by atoms with Crippen LogP contribution in [0, 0.1) is 0 Å². The van der Waals surface area contributed by atoms with Crippen LogP contribution in [0.4, 0.5) is 0 Å². The number of hydrogen-bond acceptors (Lipinski definition) is 7. The molecular formula is C24H25Cl2N3O4S. The largest absolute Gasteiger partial charge is 0.490 e. The van der Waals surface area contributed by atoms with Crippen molar-refractivity contribution in [2.24, 2.45) is 5.10 Å². The fraction of sp³-hybridized carbons (Fsp3) is 0.333. The predicted molar refractivity (Wildman–Crippen MR) is 137 cm³/mol. The van der Waals surface area contributed by atoms with E-state index in [0.29, 0.717) is 39.6 Å². The molecule has 0 unspecified atom stereocenters. The fourth-order valence-electron chi connectivity index (χ4n) is 3.50. The van der Waals surface area contributed by atoms with E-state index in [9.17, 15) is 4.79 Å². The minimum Gasteiger partial charge on any atom is -0.490 e. The predicted octanol–water partition coefficient (Wildman–Crippen LogP) is 5.08. The Balaban J connectivity index is 1.37. The molecule has 1 amide bonds. The Morgan fingerprint density at radius 1 is 1.18 bits per heavy atom. The summed E-state index contributed by atoms with van der Waals surface area (Å²) in [5.74, 6) is 0.919. The number of morpholine rings is 1. The normalized spacial score (nSPS) is 14.6. The van der Waals surface area contributed by atoms with E-state index in [-0.39, 0.29) is 5.91 Å². The molecule has 10 heteroatoms. The molecule has 0 saturated carbocycles. The van der Waals surface area contributed by atoms with Crippen LogP contribution in [0.25, 0.3) is 10.1 Å². The molecule has 1 saturated heterocycles. The molecule has 1 fully saturated rings. The molecule has 0 aliphatic carbocycles. The molecule has 1 aliphatic rings. The Morgan fingerprint density at radius 2 is 2.00 bits per heavy atom. The number of thiophene rings is 1. The summed E-state index contributed by atoms with van der Waals surface area (Å²) in [5.41, 5.74) is 3.30. The van der Waals surface area contributed by atoms with E-state index >= 15 is 0 Å². The number of hydrogen-bond donors (Lipinski definition) is 1. The first kappa shape index (κ1) is 24.8. The molecule has 3 aromatic rings. The van der Waals surface area contributed by atoms with Crippen molar-refractivity contribution in [2.75, 3.05) is 46.1 Å². The van der Waals surface area contributed by atoms with Gasteiger partial charge in [0.05, 0.1) is 31.1 Å². The Labute approximate surface area is 212 Å². The second kappa shape index (κ2) is 11.9. The number of carbonyl (C=O) groups excluding carboxylic acids is 1. The maximum Gasteiger partial charge on any atom is 0.283 e. The molecule has 0 radical (unpaired) electrons. The van der Waals surface area contributed by atoms with Gasteiger partial charge in [0.2, 0.25) is 0 Å². The number of benzene rings is 2. The van der Waals surface area contributed by atoms with Crippen LogP contribution in [0.1, 0.15) is 22.2 Å². The lowest BCUT2D eigenvalue weighted by atomic mass is 10.2. The molecule has 4 rings (SSSR count). The number of carbonyl (C=O) groups is 1. The van der Waals surface area contributed by atoms with E-state index in [4.69, 9.17) is 37.4 Å². The SMILES string of the molecule is CCOc1cc(/C=N/NC(=O)c2sc3cc(Cl)ccc3c2Cl)ccc1OCCN1CCOCC1. The van der Waals surface area contributed by atoms with Gasteiger partial charge in [-0.1, -0.05) is 29.3 Å². The van der Waals surface area contributed by atoms with Crippen molar-refractivity contribution < 1.29 is 19.0 Å². The second-order valence-corrected chi connectivity index (χ2v) is 9.39. The molecule has 180 valence electrons. The van der Waals surface area contributed by atoms with Gasteiger partial charge in [0.25, 0.3) is 5.91 Å². The smallest absolute Gasteiger partial charge is 0.283 e. The third kappa shape index (κ3) is 6.20. The first-order valence-electron chi connectivity index (χ1n) is 11.0. The maximum absolute atomic E-state index is 12.6. The van der Waals surface area contributed by atoms with Crippen LogP contribution in [0.5, 0.6) is 11.5 Å². The molecule has 2 aromatic carbocycles. The number of nitrogens with zero attached hydrogens (tertiary/aromatic N) is 2. The summed E-state index contributed by atoms with van der Waals surface area (Å²) in [6, 6.07) is 10.9. The van der Waals surface area contributed by atoms with Gasteiger partial charge in [-0.25, -0.2) is 5.43 Å². The summed E-state index contributed by atoms with van der Waals surface area (Å²) in [4.78, 5) is 15.3. The van der Waals surface area contributed by atoms with E-state index < -0.39 is 0 Å². The van der Waals surface area contributed by atoms with Gasteiger partial charge >= 0.3 is 0 Å². The van der Waals surface area contributed by atoms with Crippen LogP contribution in [0.3, 0.4) is 0 Å². The number of fused-ring (bicyclic) bond motifs is 1. The fourth-order valence-corrected chi connectivity index (χ4v) is 5.19. The van der Waals surface area contributed by atoms with Crippen molar-refractivity contribution in [1.29, 1.82) is 0 Å². The molecular weight excluding hydrogens is 497 g/mol. The highest BCUT2D eigenvalue weighted by Gasteiger charge is 2.17. The number of ether oxygens (including phenoxy) is 3. The zero-order valence-corrected chi connectivity index (χ0v) is 21.0. The highest BCUT2D eigenvalue weighted by atomic mass is 35.5. The zero-order chi connectivity index (χ0) is 23.9. The van der Waals surface area contributed by atoms with Crippen molar-refractivity contribution >= 4 is 56.7 Å². The summed E-state index contributed by atoms with van der Waals surface area (Å²) >= 11 is 13.7. The maximum atomic E-state index is 12.6. The standard InChI is InChI=1S/C24H25Cl2N3O4S/c1-2-32-20-13-16(3-6-19(20)33-12-9-29-7-10-31-11-8-29)15-27-28-24(30)23-22(26)18-5-4-17(25)14-21(18)34-23/h3-6,13-15H,2,7-12H2,1H3,(H,28,30)/b27-15+. The first-order valence-corrected chi connectivity index (χ1v) is 12.5. The number of rotatable bonds is 9. The van der Waals surface area contributed by atoms with Crippen LogP contribution >= 0.6 is 34.5 Å². The lowest BCUT2D eigenvalue weighted by molar-refractivity contribution is 0.0321. The topological polar surface area (TPSA) is 72.4 Å². The highest BCUT2D eigenvalue weighted by Crippen LogP contribution is 2.36. The molecule has 0 atom stereocenters. The average Bonchev–Trinajstić information content (AvgIpc) is 3.16. The van der Waals surface area contributed by atoms with Crippen molar-refractivity contribution in [2.45, 2.75) is 6.92 Å². The van der Waals surface area contributed by atoms with E-state index in [1.54, 1.807) is 24.4 Å². The molecule has 1 aliphatic heterocycles. The van der Waals surface area contributed by atoms with Crippen LogP contribution < -0.4 is 14.9 Å². The van der Waals surface area contributed by atoms with Gasteiger partial charge in [-0.15, -0.1) is 11.3 Å². The van der Waals surface area contributed by atoms with E-state index in [1.165, 1.54) is 11.3 Å². The van der Waals surface area contributed by atoms with Crippen molar-refractivity contribution in [3.05, 3.63) is 56.9 Å². The summed E-state index contributed by atoms with van der Waals surface area (Å²) in [6.45, 7) is 7.18. The molecule has 0 spiro atoms. The zero-order valence-electron chi connectivity index (χ0n) is 18.7. The summed E-state index contributed by atoms with van der Waals surface area (Å²) in [7, 11) is 0. The molecule has 34 heavy (non-hydrogen) atoms.